The zero-order valence-corrected chi connectivity index (χ0v) is 12.7. The van der Waals surface area contributed by atoms with Gasteiger partial charge >= 0.3 is 6.09 Å². The number of aromatic amines is 1. The number of rotatable bonds is 3. The van der Waals surface area contributed by atoms with Crippen LogP contribution in [0.25, 0.3) is 11.3 Å². The van der Waals surface area contributed by atoms with Crippen LogP contribution in [0.5, 0.6) is 0 Å². The zero-order chi connectivity index (χ0) is 16.2. The van der Waals surface area contributed by atoms with Crippen LogP contribution in [0.1, 0.15) is 30.7 Å². The highest BCUT2D eigenvalue weighted by Crippen LogP contribution is 2.22. The second-order valence-electron chi connectivity index (χ2n) is 5.77. The van der Waals surface area contributed by atoms with E-state index in [1.807, 2.05) is 12.1 Å². The molecule has 6 nitrogen and oxygen atoms in total. The summed E-state index contributed by atoms with van der Waals surface area (Å²) in [6.45, 7) is 0.595. The van der Waals surface area contributed by atoms with Crippen LogP contribution >= 0.6 is 0 Å². The number of hydrogen-bond donors (Lipinski definition) is 2. The van der Waals surface area contributed by atoms with Gasteiger partial charge in [0.1, 0.15) is 5.82 Å². The fraction of sp³-hybridized carbons (Fsp3) is 0.353. The molecule has 1 aromatic heterocycles. The molecule has 0 aliphatic carbocycles. The molecule has 1 fully saturated rings. The third-order valence-corrected chi connectivity index (χ3v) is 4.23. The predicted molar refractivity (Wildman–Crippen MR) is 84.8 cm³/mol. The van der Waals surface area contributed by atoms with Crippen molar-refractivity contribution in [2.24, 2.45) is 0 Å². The molecule has 1 aromatic carbocycles. The molecule has 23 heavy (non-hydrogen) atoms. The van der Waals surface area contributed by atoms with Gasteiger partial charge in [-0.3, -0.25) is 0 Å². The topological polar surface area (TPSA) is 93.0 Å². The third kappa shape index (κ3) is 3.34. The molecule has 2 N–H and O–H groups in total. The van der Waals surface area contributed by atoms with Gasteiger partial charge in [-0.25, -0.2) is 9.78 Å². The van der Waals surface area contributed by atoms with Gasteiger partial charge in [-0.1, -0.05) is 12.1 Å². The standard InChI is InChI=1S/C17H18N4O2/c18-10-12-4-3-5-13(8-12)15-11-19-16(20-15)9-14-6-1-2-7-21(14)17(22)23/h3-5,8,11,14H,1-2,6-7,9H2,(H,19,20)(H,22,23). The van der Waals surface area contributed by atoms with Crippen LogP contribution in [0.2, 0.25) is 0 Å². The number of likely N-dealkylation sites (tertiary alicyclic amines) is 1. The number of nitriles is 1. The van der Waals surface area contributed by atoms with Crippen LogP contribution in [0, 0.1) is 11.3 Å². The number of carbonyl (C=O) groups is 1. The van der Waals surface area contributed by atoms with Gasteiger partial charge in [-0.2, -0.15) is 5.26 Å². The number of nitrogens with zero attached hydrogens (tertiary/aromatic N) is 3. The van der Waals surface area contributed by atoms with Crippen LogP contribution < -0.4 is 0 Å². The number of H-pyrrole nitrogens is 1. The number of hydrogen-bond acceptors (Lipinski definition) is 3. The van der Waals surface area contributed by atoms with E-state index in [1.54, 1.807) is 18.3 Å². The monoisotopic (exact) mass is 310 g/mol. The lowest BCUT2D eigenvalue weighted by Crippen LogP contribution is -2.44. The summed E-state index contributed by atoms with van der Waals surface area (Å²) in [4.78, 5) is 20.5. The number of amides is 1. The fourth-order valence-electron chi connectivity index (χ4n) is 3.06. The van der Waals surface area contributed by atoms with Crippen molar-refractivity contribution in [3.05, 3.63) is 41.9 Å². The highest BCUT2D eigenvalue weighted by atomic mass is 16.4. The second kappa shape index (κ2) is 6.53. The number of nitrogens with one attached hydrogen (secondary N) is 1. The van der Waals surface area contributed by atoms with E-state index in [2.05, 4.69) is 16.0 Å². The molecule has 1 saturated heterocycles. The molecule has 1 unspecified atom stereocenters. The Bertz CT molecular complexity index is 747. The smallest absolute Gasteiger partial charge is 0.407 e. The number of imidazole rings is 1. The van der Waals surface area contributed by atoms with E-state index in [0.29, 0.717) is 18.5 Å². The van der Waals surface area contributed by atoms with Gasteiger partial charge in [0.2, 0.25) is 0 Å². The molecule has 2 aromatic rings. The van der Waals surface area contributed by atoms with Crippen LogP contribution in [0.15, 0.2) is 30.5 Å². The Morgan fingerprint density at radius 1 is 1.48 bits per heavy atom. The molecule has 0 bridgehead atoms. The number of benzene rings is 1. The van der Waals surface area contributed by atoms with Gasteiger partial charge in [0.25, 0.3) is 0 Å². The van der Waals surface area contributed by atoms with Gasteiger partial charge < -0.3 is 15.0 Å². The summed E-state index contributed by atoms with van der Waals surface area (Å²) < 4.78 is 0. The largest absolute Gasteiger partial charge is 0.465 e. The Kier molecular flexibility index (Phi) is 4.29. The van der Waals surface area contributed by atoms with Crippen molar-refractivity contribution in [3.8, 4) is 17.3 Å². The van der Waals surface area contributed by atoms with Crippen LogP contribution in [-0.2, 0) is 6.42 Å². The summed E-state index contributed by atoms with van der Waals surface area (Å²) >= 11 is 0. The number of carboxylic acid groups (broad SMARTS) is 1. The first-order chi connectivity index (χ1) is 11.2. The quantitative estimate of drug-likeness (QED) is 0.911. The molecule has 1 aliphatic rings. The highest BCUT2D eigenvalue weighted by Gasteiger charge is 2.27. The van der Waals surface area contributed by atoms with Crippen molar-refractivity contribution in [1.82, 2.24) is 14.9 Å². The first-order valence-corrected chi connectivity index (χ1v) is 7.71. The van der Waals surface area contributed by atoms with E-state index in [9.17, 15) is 9.90 Å². The molecular formula is C17H18N4O2. The maximum atomic E-state index is 11.3. The van der Waals surface area contributed by atoms with Crippen molar-refractivity contribution < 1.29 is 9.90 Å². The first kappa shape index (κ1) is 15.1. The maximum absolute atomic E-state index is 11.3. The van der Waals surface area contributed by atoms with E-state index in [-0.39, 0.29) is 6.04 Å². The summed E-state index contributed by atoms with van der Waals surface area (Å²) in [5, 5.41) is 18.3. The van der Waals surface area contributed by atoms with Crippen molar-refractivity contribution in [1.29, 1.82) is 5.26 Å². The van der Waals surface area contributed by atoms with Crippen molar-refractivity contribution >= 4 is 6.09 Å². The molecule has 118 valence electrons. The fourth-order valence-corrected chi connectivity index (χ4v) is 3.06. The minimum Gasteiger partial charge on any atom is -0.465 e. The van der Waals surface area contributed by atoms with Gasteiger partial charge in [0, 0.05) is 24.6 Å². The number of piperidine rings is 1. The predicted octanol–water partition coefficient (Wildman–Crippen LogP) is 3.02. The molecule has 0 saturated carbocycles. The molecule has 1 aliphatic heterocycles. The maximum Gasteiger partial charge on any atom is 0.407 e. The van der Waals surface area contributed by atoms with E-state index < -0.39 is 6.09 Å². The molecular weight excluding hydrogens is 292 g/mol. The van der Waals surface area contributed by atoms with Crippen molar-refractivity contribution in [2.45, 2.75) is 31.7 Å². The van der Waals surface area contributed by atoms with Crippen LogP contribution in [0.4, 0.5) is 4.79 Å². The lowest BCUT2D eigenvalue weighted by Gasteiger charge is -2.33. The van der Waals surface area contributed by atoms with E-state index in [4.69, 9.17) is 5.26 Å². The van der Waals surface area contributed by atoms with Crippen LogP contribution in [-0.4, -0.2) is 38.7 Å². The zero-order valence-electron chi connectivity index (χ0n) is 12.7. The lowest BCUT2D eigenvalue weighted by atomic mass is 10.00. The summed E-state index contributed by atoms with van der Waals surface area (Å²) in [6, 6.07) is 9.42. The summed E-state index contributed by atoms with van der Waals surface area (Å²) in [5.41, 5.74) is 2.35. The van der Waals surface area contributed by atoms with Crippen molar-refractivity contribution in [3.63, 3.8) is 0 Å². The van der Waals surface area contributed by atoms with E-state index in [0.717, 1.165) is 36.3 Å². The minimum atomic E-state index is -0.858. The lowest BCUT2D eigenvalue weighted by molar-refractivity contribution is 0.106. The average Bonchev–Trinajstić information content (AvgIpc) is 3.04. The Balaban J connectivity index is 1.76. The van der Waals surface area contributed by atoms with Gasteiger partial charge in [0.05, 0.1) is 23.5 Å². The van der Waals surface area contributed by atoms with Gasteiger partial charge in [-0.15, -0.1) is 0 Å². The number of aromatic nitrogens is 2. The Morgan fingerprint density at radius 2 is 2.35 bits per heavy atom. The average molecular weight is 310 g/mol. The van der Waals surface area contributed by atoms with E-state index in [1.165, 1.54) is 4.90 Å². The molecule has 6 heteroatoms. The van der Waals surface area contributed by atoms with Gasteiger partial charge in [-0.05, 0) is 31.4 Å². The highest BCUT2D eigenvalue weighted by molar-refractivity contribution is 5.65. The molecule has 2 heterocycles. The Morgan fingerprint density at radius 3 is 3.13 bits per heavy atom. The Labute approximate surface area is 134 Å². The second-order valence-corrected chi connectivity index (χ2v) is 5.77. The molecule has 1 amide bonds. The molecule has 0 spiro atoms. The summed E-state index contributed by atoms with van der Waals surface area (Å²) in [5.74, 6) is 0.778. The molecule has 0 radical (unpaired) electrons. The first-order valence-electron chi connectivity index (χ1n) is 7.71. The molecule has 3 rings (SSSR count). The summed E-state index contributed by atoms with van der Waals surface area (Å²) in [6.07, 6.45) is 4.30. The third-order valence-electron chi connectivity index (χ3n) is 4.23. The summed E-state index contributed by atoms with van der Waals surface area (Å²) in [7, 11) is 0. The van der Waals surface area contributed by atoms with Gasteiger partial charge in [0.15, 0.2) is 0 Å². The minimum absolute atomic E-state index is 0.0225. The van der Waals surface area contributed by atoms with Crippen LogP contribution in [0.3, 0.4) is 0 Å². The SMILES string of the molecule is N#Cc1cccc(-c2cnc(CC3CCCCN3C(=O)O)[nH]2)c1. The Hall–Kier alpha value is -2.81. The van der Waals surface area contributed by atoms with Crippen molar-refractivity contribution in [2.75, 3.05) is 6.54 Å². The normalized spacial score (nSPS) is 17.7. The van der Waals surface area contributed by atoms with E-state index >= 15 is 0 Å². The molecule has 1 atom stereocenters.